The minimum atomic E-state index is 0.572. The summed E-state index contributed by atoms with van der Waals surface area (Å²) in [7, 11) is 0. The van der Waals surface area contributed by atoms with E-state index >= 15 is 0 Å². The van der Waals surface area contributed by atoms with Crippen molar-refractivity contribution < 1.29 is 4.63 Å². The second-order valence-electron chi connectivity index (χ2n) is 10.9. The fourth-order valence-corrected chi connectivity index (χ4v) is 10.0. The van der Waals surface area contributed by atoms with Crippen molar-refractivity contribution in [2.45, 2.75) is 39.0 Å². The molecule has 0 N–H and O–H groups in total. The molecule has 0 aliphatic rings. The summed E-state index contributed by atoms with van der Waals surface area (Å²) in [5, 5.41) is 10.8. The summed E-state index contributed by atoms with van der Waals surface area (Å²) < 4.78 is 14.7. The van der Waals surface area contributed by atoms with E-state index in [9.17, 15) is 0 Å². The molecule has 0 saturated carbocycles. The summed E-state index contributed by atoms with van der Waals surface area (Å²) in [6.07, 6.45) is 2.98. The maximum absolute atomic E-state index is 5.29. The van der Waals surface area contributed by atoms with E-state index in [1.165, 1.54) is 45.9 Å². The summed E-state index contributed by atoms with van der Waals surface area (Å²) in [4.78, 5) is 9.03. The van der Waals surface area contributed by atoms with Gasteiger partial charge in [0.25, 0.3) is 0 Å². The Balaban J connectivity index is 1.03. The highest BCUT2D eigenvalue weighted by atomic mass is 32.1. The molecule has 10 heteroatoms. The predicted octanol–water partition coefficient (Wildman–Crippen LogP) is 11.1. The summed E-state index contributed by atoms with van der Waals surface area (Å²) in [5.41, 5.74) is 8.08. The number of fused-ring (bicyclic) bond motifs is 2. The maximum Gasteiger partial charge on any atom is 0.144 e. The van der Waals surface area contributed by atoms with E-state index in [1.54, 1.807) is 22.7 Å². The normalized spacial score (nSPS) is 12.5. The third-order valence-electron chi connectivity index (χ3n) is 7.99. The molecule has 8 rings (SSSR count). The Kier molecular flexibility index (Phi) is 7.47. The Labute approximate surface area is 274 Å². The number of nitrogens with zero attached hydrogens (tertiary/aromatic N) is 4. The van der Waals surface area contributed by atoms with Gasteiger partial charge in [0.15, 0.2) is 0 Å². The molecule has 0 fully saturated rings. The third kappa shape index (κ3) is 5.24. The smallest absolute Gasteiger partial charge is 0.144 e. The SMILES string of the molecule is Cc1ccc(-c2ccc(-c3ccc(Cc4ccc(-c5ccc(CCC(C)c6cccs6)s5)c5nonc45)s3)c3nsnc23)s1. The zero-order valence-corrected chi connectivity index (χ0v) is 28.0. The van der Waals surface area contributed by atoms with Crippen LogP contribution in [0.4, 0.5) is 0 Å². The number of rotatable bonds is 9. The van der Waals surface area contributed by atoms with Crippen molar-refractivity contribution in [3.05, 3.63) is 103 Å². The first-order chi connectivity index (χ1) is 21.6. The van der Waals surface area contributed by atoms with Gasteiger partial charge in [-0.2, -0.15) is 8.75 Å². The largest absolute Gasteiger partial charge is 0.243 e. The number of hydrogen-bond donors (Lipinski definition) is 0. The first-order valence-corrected chi connectivity index (χ1v) is 18.4. The summed E-state index contributed by atoms with van der Waals surface area (Å²) >= 11 is 8.55. The van der Waals surface area contributed by atoms with Gasteiger partial charge in [-0.1, -0.05) is 37.3 Å². The monoisotopic (exact) mass is 666 g/mol. The fraction of sp³-hybridized carbons (Fsp3) is 0.176. The molecule has 0 bridgehead atoms. The van der Waals surface area contributed by atoms with Crippen molar-refractivity contribution in [1.82, 2.24) is 19.1 Å². The van der Waals surface area contributed by atoms with Crippen LogP contribution in [0.1, 0.15) is 44.3 Å². The van der Waals surface area contributed by atoms with E-state index in [-0.39, 0.29) is 0 Å². The highest BCUT2D eigenvalue weighted by Gasteiger charge is 2.18. The molecular formula is C34H26N4OS5. The first kappa shape index (κ1) is 28.0. The van der Waals surface area contributed by atoms with E-state index < -0.39 is 0 Å². The standard InChI is InChI=1S/C34H26N4OS5/c1-19(27-4-3-17-40-27)5-8-22-9-15-29(42-22)24-11-7-21(31-32(24)36-39-35-31)18-23-10-16-30(43-23)26-13-12-25(28-14-6-20(2)41-28)33-34(26)38-44-37-33/h3-4,6-7,9-17,19H,5,8,18H2,1-2H3. The van der Waals surface area contributed by atoms with Gasteiger partial charge in [-0.05, 0) is 89.4 Å². The lowest BCUT2D eigenvalue weighted by Gasteiger charge is -2.07. The van der Waals surface area contributed by atoms with Crippen molar-refractivity contribution in [1.29, 1.82) is 0 Å². The zero-order valence-electron chi connectivity index (χ0n) is 23.9. The average Bonchev–Trinajstić information content (AvgIpc) is 3.88. The molecule has 2 aromatic carbocycles. The van der Waals surface area contributed by atoms with Crippen molar-refractivity contribution in [3.63, 3.8) is 0 Å². The van der Waals surface area contributed by atoms with Gasteiger partial charge in [0.05, 0.1) is 11.7 Å². The molecule has 8 aromatic rings. The molecule has 1 unspecified atom stereocenters. The van der Waals surface area contributed by atoms with Crippen molar-refractivity contribution >= 4 is 79.1 Å². The summed E-state index contributed by atoms with van der Waals surface area (Å²) in [5.74, 6) is 0.572. The second kappa shape index (κ2) is 11.8. The van der Waals surface area contributed by atoms with E-state index in [1.807, 2.05) is 22.7 Å². The van der Waals surface area contributed by atoms with Gasteiger partial charge >= 0.3 is 0 Å². The van der Waals surface area contributed by atoms with Crippen LogP contribution < -0.4 is 0 Å². The lowest BCUT2D eigenvalue weighted by atomic mass is 10.0. The lowest BCUT2D eigenvalue weighted by Crippen LogP contribution is -1.92. The van der Waals surface area contributed by atoms with Crippen LogP contribution in [0, 0.1) is 6.92 Å². The van der Waals surface area contributed by atoms with Crippen LogP contribution in [0.2, 0.25) is 0 Å². The lowest BCUT2D eigenvalue weighted by molar-refractivity contribution is 0.315. The number of thiophene rings is 4. The Bertz CT molecular complexity index is 2210. The van der Waals surface area contributed by atoms with Gasteiger partial charge < -0.3 is 0 Å². The molecule has 0 aliphatic heterocycles. The molecule has 218 valence electrons. The van der Waals surface area contributed by atoms with Crippen LogP contribution in [-0.2, 0) is 12.8 Å². The van der Waals surface area contributed by atoms with Gasteiger partial charge in [-0.15, -0.1) is 45.3 Å². The molecule has 0 aliphatic carbocycles. The molecule has 0 amide bonds. The minimum Gasteiger partial charge on any atom is -0.243 e. The average molecular weight is 667 g/mol. The minimum absolute atomic E-state index is 0.572. The molecular weight excluding hydrogens is 641 g/mol. The van der Waals surface area contributed by atoms with E-state index in [0.717, 1.165) is 63.6 Å². The molecule has 1 atom stereocenters. The van der Waals surface area contributed by atoms with Crippen LogP contribution >= 0.6 is 57.1 Å². The van der Waals surface area contributed by atoms with E-state index in [2.05, 4.69) is 107 Å². The van der Waals surface area contributed by atoms with Gasteiger partial charge in [-0.25, -0.2) is 4.63 Å². The molecule has 0 saturated heterocycles. The van der Waals surface area contributed by atoms with Crippen LogP contribution in [-0.4, -0.2) is 19.1 Å². The van der Waals surface area contributed by atoms with Crippen molar-refractivity contribution in [2.75, 3.05) is 0 Å². The van der Waals surface area contributed by atoms with Gasteiger partial charge in [0.1, 0.15) is 22.1 Å². The summed E-state index contributed by atoms with van der Waals surface area (Å²) in [6, 6.07) is 26.3. The van der Waals surface area contributed by atoms with Crippen LogP contribution in [0.15, 0.2) is 82.8 Å². The van der Waals surface area contributed by atoms with E-state index in [0.29, 0.717) is 5.92 Å². The topological polar surface area (TPSA) is 64.7 Å². The number of aromatic nitrogens is 4. The van der Waals surface area contributed by atoms with Crippen molar-refractivity contribution in [3.8, 4) is 31.3 Å². The first-order valence-electron chi connectivity index (χ1n) is 14.4. The quantitative estimate of drug-likeness (QED) is 0.153. The summed E-state index contributed by atoms with van der Waals surface area (Å²) in [6.45, 7) is 4.45. The molecule has 5 nitrogen and oxygen atoms in total. The highest BCUT2D eigenvalue weighted by Crippen LogP contribution is 2.40. The molecule has 0 radical (unpaired) electrons. The van der Waals surface area contributed by atoms with E-state index in [4.69, 9.17) is 9.00 Å². The fourth-order valence-electron chi connectivity index (χ4n) is 5.64. The Morgan fingerprint density at radius 3 is 2.07 bits per heavy atom. The van der Waals surface area contributed by atoms with Crippen LogP contribution in [0.5, 0.6) is 0 Å². The Hall–Kier alpha value is -3.54. The van der Waals surface area contributed by atoms with Gasteiger partial charge in [0, 0.05) is 57.3 Å². The van der Waals surface area contributed by atoms with Crippen molar-refractivity contribution in [2.24, 2.45) is 0 Å². The molecule has 0 spiro atoms. The Morgan fingerprint density at radius 2 is 1.34 bits per heavy atom. The number of hydrogen-bond acceptors (Lipinski definition) is 10. The second-order valence-corrected chi connectivity index (χ2v) is 16.1. The Morgan fingerprint density at radius 1 is 0.682 bits per heavy atom. The number of benzene rings is 2. The molecule has 6 aromatic heterocycles. The zero-order chi connectivity index (χ0) is 29.6. The molecule has 44 heavy (non-hydrogen) atoms. The van der Waals surface area contributed by atoms with Gasteiger partial charge in [-0.3, -0.25) is 0 Å². The maximum atomic E-state index is 5.29. The number of aryl methyl sites for hydroxylation is 2. The third-order valence-corrected chi connectivity index (χ3v) is 13.0. The van der Waals surface area contributed by atoms with Crippen LogP contribution in [0.3, 0.4) is 0 Å². The highest BCUT2D eigenvalue weighted by molar-refractivity contribution is 7.16. The van der Waals surface area contributed by atoms with Gasteiger partial charge in [0.2, 0.25) is 0 Å². The molecule has 6 heterocycles. The predicted molar refractivity (Wildman–Crippen MR) is 188 cm³/mol. The van der Waals surface area contributed by atoms with Crippen LogP contribution in [0.25, 0.3) is 53.4 Å².